The highest BCUT2D eigenvalue weighted by atomic mass is 79.9. The summed E-state index contributed by atoms with van der Waals surface area (Å²) in [4.78, 5) is -0.0516. The Morgan fingerprint density at radius 2 is 1.50 bits per heavy atom. The Morgan fingerprint density at radius 3 is 2.05 bits per heavy atom. The molecule has 0 saturated heterocycles. The van der Waals surface area contributed by atoms with E-state index in [9.17, 15) is 21.6 Å². The van der Waals surface area contributed by atoms with Crippen LogP contribution in [0.4, 0.5) is 18.9 Å². The summed E-state index contributed by atoms with van der Waals surface area (Å²) in [6.07, 6.45) is -4.57. The molecule has 9 heteroatoms. The highest BCUT2D eigenvalue weighted by Gasteiger charge is 2.31. The Bertz CT molecular complexity index is 790. The number of halogens is 5. The Morgan fingerprint density at radius 1 is 0.909 bits per heavy atom. The van der Waals surface area contributed by atoms with Crippen molar-refractivity contribution < 1.29 is 21.6 Å². The normalized spacial score (nSPS) is 12.2. The maximum absolute atomic E-state index is 12.7. The number of nitrogens with one attached hydrogen (secondary N) is 1. The van der Waals surface area contributed by atoms with Gasteiger partial charge in [0, 0.05) is 8.95 Å². The molecule has 0 heterocycles. The molecule has 0 unspecified atom stereocenters. The molecule has 0 bridgehead atoms. The van der Waals surface area contributed by atoms with Gasteiger partial charge in [-0.15, -0.1) is 0 Å². The number of benzene rings is 2. The van der Waals surface area contributed by atoms with E-state index in [1.807, 2.05) is 0 Å². The van der Waals surface area contributed by atoms with Crippen LogP contribution < -0.4 is 4.72 Å². The third-order valence-corrected chi connectivity index (χ3v) is 4.98. The lowest BCUT2D eigenvalue weighted by Crippen LogP contribution is -2.14. The predicted octanol–water partition coefficient (Wildman–Crippen LogP) is 5.03. The van der Waals surface area contributed by atoms with E-state index < -0.39 is 21.8 Å². The van der Waals surface area contributed by atoms with Gasteiger partial charge in [-0.3, -0.25) is 4.72 Å². The van der Waals surface area contributed by atoms with Crippen LogP contribution in [0, 0.1) is 0 Å². The molecule has 0 atom stereocenters. The molecule has 2 rings (SSSR count). The van der Waals surface area contributed by atoms with Crippen molar-refractivity contribution >= 4 is 47.6 Å². The highest BCUT2D eigenvalue weighted by Crippen LogP contribution is 2.34. The zero-order chi connectivity index (χ0) is 16.5. The third-order valence-electron chi connectivity index (χ3n) is 2.60. The van der Waals surface area contributed by atoms with E-state index in [4.69, 9.17) is 0 Å². The zero-order valence-corrected chi connectivity index (χ0v) is 14.6. The molecule has 3 nitrogen and oxygen atoms in total. The van der Waals surface area contributed by atoms with Gasteiger partial charge in [0.2, 0.25) is 0 Å². The lowest BCUT2D eigenvalue weighted by Gasteiger charge is -2.12. The maximum atomic E-state index is 12.7. The van der Waals surface area contributed by atoms with Gasteiger partial charge in [-0.1, -0.05) is 31.9 Å². The average molecular weight is 459 g/mol. The standard InChI is InChI=1S/C13H8Br2F3NO2S/c14-9-1-3-12(4-2-9)22(20,21)19-11-6-8(13(16,17)18)5-10(15)7-11/h1-7,19H. The van der Waals surface area contributed by atoms with Crippen molar-refractivity contribution in [1.82, 2.24) is 0 Å². The van der Waals surface area contributed by atoms with Crippen molar-refractivity contribution in [2.24, 2.45) is 0 Å². The van der Waals surface area contributed by atoms with Crippen molar-refractivity contribution in [3.63, 3.8) is 0 Å². The fourth-order valence-corrected chi connectivity index (χ4v) is 3.44. The minimum Gasteiger partial charge on any atom is -0.280 e. The van der Waals surface area contributed by atoms with Gasteiger partial charge in [0.15, 0.2) is 0 Å². The number of rotatable bonds is 3. The first-order chi connectivity index (χ1) is 10.1. The van der Waals surface area contributed by atoms with E-state index in [1.165, 1.54) is 30.3 Å². The van der Waals surface area contributed by atoms with Gasteiger partial charge in [-0.05, 0) is 42.5 Å². The van der Waals surface area contributed by atoms with Gasteiger partial charge in [-0.25, -0.2) is 8.42 Å². The first-order valence-corrected chi connectivity index (χ1v) is 8.81. The molecule has 2 aromatic carbocycles. The van der Waals surface area contributed by atoms with Gasteiger partial charge in [0.25, 0.3) is 10.0 Å². The second kappa shape index (κ2) is 6.21. The van der Waals surface area contributed by atoms with Gasteiger partial charge in [0.1, 0.15) is 0 Å². The minimum atomic E-state index is -4.57. The van der Waals surface area contributed by atoms with Crippen LogP contribution in [-0.4, -0.2) is 8.42 Å². The van der Waals surface area contributed by atoms with E-state index in [1.54, 1.807) is 0 Å². The number of hydrogen-bond donors (Lipinski definition) is 1. The SMILES string of the molecule is O=S(=O)(Nc1cc(Br)cc(C(F)(F)F)c1)c1ccc(Br)cc1. The number of hydrogen-bond acceptors (Lipinski definition) is 2. The summed E-state index contributed by atoms with van der Waals surface area (Å²) in [5.74, 6) is 0. The monoisotopic (exact) mass is 457 g/mol. The zero-order valence-electron chi connectivity index (χ0n) is 10.7. The fourth-order valence-electron chi connectivity index (χ4n) is 1.64. The fraction of sp³-hybridized carbons (Fsp3) is 0.0769. The third kappa shape index (κ3) is 4.23. The molecule has 0 fully saturated rings. The average Bonchev–Trinajstić information content (AvgIpc) is 2.36. The van der Waals surface area contributed by atoms with Crippen molar-refractivity contribution in [2.45, 2.75) is 11.1 Å². The van der Waals surface area contributed by atoms with Crippen molar-refractivity contribution in [3.8, 4) is 0 Å². The first-order valence-electron chi connectivity index (χ1n) is 5.74. The molecule has 0 aliphatic heterocycles. The van der Waals surface area contributed by atoms with Crippen LogP contribution in [0.5, 0.6) is 0 Å². The minimum absolute atomic E-state index is 0.0516. The number of alkyl halides is 3. The largest absolute Gasteiger partial charge is 0.416 e. The van der Waals surface area contributed by atoms with Gasteiger partial charge < -0.3 is 0 Å². The van der Waals surface area contributed by atoms with Crippen LogP contribution in [0.15, 0.2) is 56.3 Å². The summed E-state index contributed by atoms with van der Waals surface area (Å²) in [7, 11) is -3.97. The Kier molecular flexibility index (Phi) is 4.88. The molecule has 0 aromatic heterocycles. The quantitative estimate of drug-likeness (QED) is 0.700. The molecular weight excluding hydrogens is 451 g/mol. The summed E-state index contributed by atoms with van der Waals surface area (Å²) in [5.41, 5.74) is -1.13. The molecule has 0 radical (unpaired) electrons. The summed E-state index contributed by atoms with van der Waals surface area (Å²) in [5, 5.41) is 0. The molecule has 0 saturated carbocycles. The Labute approximate surface area is 141 Å². The van der Waals surface area contributed by atoms with Crippen molar-refractivity contribution in [3.05, 3.63) is 57.0 Å². The van der Waals surface area contributed by atoms with Crippen LogP contribution in [0.2, 0.25) is 0 Å². The predicted molar refractivity (Wildman–Crippen MR) is 84.1 cm³/mol. The molecule has 0 aliphatic rings. The molecule has 0 spiro atoms. The number of anilines is 1. The molecule has 2 aromatic rings. The molecule has 0 amide bonds. The van der Waals surface area contributed by atoms with Crippen LogP contribution >= 0.6 is 31.9 Å². The highest BCUT2D eigenvalue weighted by molar-refractivity contribution is 9.10. The van der Waals surface area contributed by atoms with Crippen LogP contribution in [0.25, 0.3) is 0 Å². The van der Waals surface area contributed by atoms with Crippen LogP contribution in [0.3, 0.4) is 0 Å². The van der Waals surface area contributed by atoms with Crippen LogP contribution in [-0.2, 0) is 16.2 Å². The molecule has 118 valence electrons. The topological polar surface area (TPSA) is 46.2 Å². The summed E-state index contributed by atoms with van der Waals surface area (Å²) in [6, 6.07) is 8.60. The molecular formula is C13H8Br2F3NO2S. The molecule has 22 heavy (non-hydrogen) atoms. The van der Waals surface area contributed by atoms with E-state index in [2.05, 4.69) is 36.6 Å². The second-order valence-electron chi connectivity index (χ2n) is 4.29. The second-order valence-corrected chi connectivity index (χ2v) is 7.80. The summed E-state index contributed by atoms with van der Waals surface area (Å²) < 4.78 is 65.5. The number of sulfonamides is 1. The molecule has 1 N–H and O–H groups in total. The van der Waals surface area contributed by atoms with E-state index in [-0.39, 0.29) is 15.1 Å². The van der Waals surface area contributed by atoms with Gasteiger partial charge >= 0.3 is 6.18 Å². The summed E-state index contributed by atoms with van der Waals surface area (Å²) >= 11 is 6.11. The molecule has 0 aliphatic carbocycles. The van der Waals surface area contributed by atoms with E-state index in [0.29, 0.717) is 4.47 Å². The summed E-state index contributed by atoms with van der Waals surface area (Å²) in [6.45, 7) is 0. The van der Waals surface area contributed by atoms with Gasteiger partial charge in [-0.2, -0.15) is 13.2 Å². The van der Waals surface area contributed by atoms with E-state index in [0.717, 1.165) is 12.1 Å². The smallest absolute Gasteiger partial charge is 0.280 e. The lowest BCUT2D eigenvalue weighted by molar-refractivity contribution is -0.137. The maximum Gasteiger partial charge on any atom is 0.416 e. The van der Waals surface area contributed by atoms with E-state index >= 15 is 0 Å². The lowest BCUT2D eigenvalue weighted by atomic mass is 10.2. The van der Waals surface area contributed by atoms with Crippen molar-refractivity contribution in [1.29, 1.82) is 0 Å². The van der Waals surface area contributed by atoms with Gasteiger partial charge in [0.05, 0.1) is 16.1 Å². The van der Waals surface area contributed by atoms with Crippen molar-refractivity contribution in [2.75, 3.05) is 4.72 Å². The Balaban J connectivity index is 2.38. The van der Waals surface area contributed by atoms with Crippen LogP contribution in [0.1, 0.15) is 5.56 Å². The Hall–Kier alpha value is -1.06. The first kappa shape index (κ1) is 17.3.